The molecule has 8 nitrogen and oxygen atoms in total. The van der Waals surface area contributed by atoms with Gasteiger partial charge in [0.2, 0.25) is 5.88 Å². The van der Waals surface area contributed by atoms with Crippen LogP contribution in [0, 0.1) is 6.92 Å². The van der Waals surface area contributed by atoms with Crippen LogP contribution in [0.2, 0.25) is 5.02 Å². The minimum atomic E-state index is -1.10. The van der Waals surface area contributed by atoms with E-state index in [-0.39, 0.29) is 5.56 Å². The van der Waals surface area contributed by atoms with Crippen molar-refractivity contribution in [3.05, 3.63) is 63.6 Å². The standard InChI is InChI=1S/C24H23ClN4O4S/c1-5-19-22(33-4)27-23(34-19)20-13(2)28-29(17-8-6-7-9-18(17)32-3)21(20)26-16-11-10-14(25)12-15(16)24(30)31/h6-12,26H,5H2,1-4H3,(H,30,31). The fourth-order valence-corrected chi connectivity index (χ4v) is 4.88. The van der Waals surface area contributed by atoms with Gasteiger partial charge >= 0.3 is 5.97 Å². The lowest BCUT2D eigenvalue weighted by Gasteiger charge is -2.15. The van der Waals surface area contributed by atoms with Gasteiger partial charge in [-0.1, -0.05) is 30.7 Å². The normalized spacial score (nSPS) is 10.9. The lowest BCUT2D eigenvalue weighted by Crippen LogP contribution is -2.08. The van der Waals surface area contributed by atoms with E-state index in [1.165, 1.54) is 17.4 Å². The Bertz CT molecular complexity index is 1340. The Hall–Kier alpha value is -3.56. The Balaban J connectivity index is 1.98. The minimum Gasteiger partial charge on any atom is -0.494 e. The highest BCUT2D eigenvalue weighted by molar-refractivity contribution is 7.15. The number of methoxy groups -OCH3 is 2. The maximum absolute atomic E-state index is 11.9. The van der Waals surface area contributed by atoms with E-state index in [2.05, 4.69) is 10.3 Å². The Labute approximate surface area is 205 Å². The number of hydrogen-bond acceptors (Lipinski definition) is 7. The van der Waals surface area contributed by atoms with E-state index in [4.69, 9.17) is 26.2 Å². The smallest absolute Gasteiger partial charge is 0.337 e. The molecule has 0 saturated carbocycles. The van der Waals surface area contributed by atoms with Crippen LogP contribution in [0.3, 0.4) is 0 Å². The van der Waals surface area contributed by atoms with Gasteiger partial charge in [0.1, 0.15) is 22.3 Å². The topological polar surface area (TPSA) is 98.5 Å². The molecule has 2 heterocycles. The number of aryl methyl sites for hydroxylation is 2. The summed E-state index contributed by atoms with van der Waals surface area (Å²) in [6.45, 7) is 3.92. The predicted molar refractivity (Wildman–Crippen MR) is 134 cm³/mol. The summed E-state index contributed by atoms with van der Waals surface area (Å²) in [5.41, 5.74) is 2.54. The second kappa shape index (κ2) is 9.74. The van der Waals surface area contributed by atoms with Crippen molar-refractivity contribution in [1.29, 1.82) is 0 Å². The third-order valence-corrected chi connectivity index (χ3v) is 6.66. The van der Waals surface area contributed by atoms with Crippen LogP contribution in [0.4, 0.5) is 11.5 Å². The van der Waals surface area contributed by atoms with E-state index >= 15 is 0 Å². The van der Waals surface area contributed by atoms with E-state index in [1.54, 1.807) is 31.0 Å². The predicted octanol–water partition coefficient (Wildman–Crippen LogP) is 5.98. The van der Waals surface area contributed by atoms with Crippen LogP contribution in [-0.4, -0.2) is 40.1 Å². The average Bonchev–Trinajstić information content (AvgIpc) is 3.39. The second-order valence-corrected chi connectivity index (χ2v) is 8.84. The van der Waals surface area contributed by atoms with Crippen LogP contribution in [0.25, 0.3) is 16.3 Å². The van der Waals surface area contributed by atoms with E-state index in [9.17, 15) is 9.90 Å². The summed E-state index contributed by atoms with van der Waals surface area (Å²) in [6, 6.07) is 12.1. The molecule has 4 rings (SSSR count). The van der Waals surface area contributed by atoms with Gasteiger partial charge in [0.15, 0.2) is 0 Å². The molecule has 0 radical (unpaired) electrons. The minimum absolute atomic E-state index is 0.0369. The molecule has 0 aliphatic heterocycles. The van der Waals surface area contributed by atoms with Crippen molar-refractivity contribution < 1.29 is 19.4 Å². The van der Waals surface area contributed by atoms with E-state index in [0.29, 0.717) is 44.5 Å². The van der Waals surface area contributed by atoms with Gasteiger partial charge in [-0.15, -0.1) is 11.3 Å². The molecule has 0 bridgehead atoms. The lowest BCUT2D eigenvalue weighted by atomic mass is 10.1. The molecular weight excluding hydrogens is 476 g/mol. The fraction of sp³-hybridized carbons (Fsp3) is 0.208. The number of nitrogens with one attached hydrogen (secondary N) is 1. The highest BCUT2D eigenvalue weighted by Gasteiger charge is 2.25. The van der Waals surface area contributed by atoms with Crippen molar-refractivity contribution in [1.82, 2.24) is 14.8 Å². The number of anilines is 2. The number of nitrogens with zero attached hydrogens (tertiary/aromatic N) is 3. The average molecular weight is 499 g/mol. The summed E-state index contributed by atoms with van der Waals surface area (Å²) < 4.78 is 12.7. The van der Waals surface area contributed by atoms with Crippen LogP contribution in [0.5, 0.6) is 11.6 Å². The molecule has 2 aromatic carbocycles. The van der Waals surface area contributed by atoms with Gasteiger partial charge in [-0.05, 0) is 43.7 Å². The molecule has 4 aromatic rings. The summed E-state index contributed by atoms with van der Waals surface area (Å²) >= 11 is 7.58. The molecule has 176 valence electrons. The van der Waals surface area contributed by atoms with E-state index < -0.39 is 5.97 Å². The summed E-state index contributed by atoms with van der Waals surface area (Å²) in [5, 5.41) is 18.9. The summed E-state index contributed by atoms with van der Waals surface area (Å²) in [7, 11) is 3.18. The third-order valence-electron chi connectivity index (χ3n) is 5.23. The van der Waals surface area contributed by atoms with Gasteiger partial charge < -0.3 is 19.9 Å². The maximum atomic E-state index is 11.9. The number of carboxylic acids is 1. The molecule has 2 aromatic heterocycles. The molecule has 0 atom stereocenters. The van der Waals surface area contributed by atoms with Crippen molar-refractivity contribution in [2.24, 2.45) is 0 Å². The highest BCUT2D eigenvalue weighted by Crippen LogP contribution is 2.42. The van der Waals surface area contributed by atoms with Crippen LogP contribution >= 0.6 is 22.9 Å². The van der Waals surface area contributed by atoms with Gasteiger partial charge in [0.05, 0.1) is 41.6 Å². The molecule has 2 N–H and O–H groups in total. The van der Waals surface area contributed by atoms with E-state index in [0.717, 1.165) is 16.9 Å². The first-order chi connectivity index (χ1) is 16.4. The monoisotopic (exact) mass is 498 g/mol. The maximum Gasteiger partial charge on any atom is 0.337 e. The number of aromatic carboxylic acids is 1. The zero-order valence-electron chi connectivity index (χ0n) is 19.0. The third kappa shape index (κ3) is 4.32. The zero-order valence-corrected chi connectivity index (χ0v) is 20.6. The van der Waals surface area contributed by atoms with E-state index in [1.807, 2.05) is 38.1 Å². The number of hydrogen-bond donors (Lipinski definition) is 2. The van der Waals surface area contributed by atoms with Crippen LogP contribution in [0.15, 0.2) is 42.5 Å². The molecule has 0 aliphatic rings. The number of ether oxygens (including phenoxy) is 2. The number of benzene rings is 2. The van der Waals surface area contributed by atoms with Crippen molar-refractivity contribution in [3.8, 4) is 27.9 Å². The summed E-state index contributed by atoms with van der Waals surface area (Å²) in [4.78, 5) is 17.6. The van der Waals surface area contributed by atoms with Crippen LogP contribution in [0.1, 0.15) is 27.9 Å². The largest absolute Gasteiger partial charge is 0.494 e. The van der Waals surface area contributed by atoms with Gasteiger partial charge in [-0.25, -0.2) is 14.5 Å². The summed E-state index contributed by atoms with van der Waals surface area (Å²) in [6.07, 6.45) is 0.768. The molecule has 0 amide bonds. The van der Waals surface area contributed by atoms with Crippen LogP contribution in [-0.2, 0) is 6.42 Å². The molecule has 0 spiro atoms. The number of rotatable bonds is 8. The number of para-hydroxylation sites is 2. The Morgan fingerprint density at radius 3 is 2.62 bits per heavy atom. The number of carboxylic acid groups (broad SMARTS) is 1. The van der Waals surface area contributed by atoms with Crippen molar-refractivity contribution in [3.63, 3.8) is 0 Å². The Morgan fingerprint density at radius 1 is 1.21 bits per heavy atom. The molecule has 0 unspecified atom stereocenters. The molecule has 34 heavy (non-hydrogen) atoms. The SMILES string of the molecule is CCc1sc(-c2c(C)nn(-c3ccccc3OC)c2Nc2ccc(Cl)cc2C(=O)O)nc1OC. The van der Waals surface area contributed by atoms with Crippen LogP contribution < -0.4 is 14.8 Å². The van der Waals surface area contributed by atoms with Gasteiger partial charge in [0, 0.05) is 5.02 Å². The zero-order chi connectivity index (χ0) is 24.4. The molecular formula is C24H23ClN4O4S. The van der Waals surface area contributed by atoms with Gasteiger partial charge in [-0.3, -0.25) is 0 Å². The Morgan fingerprint density at radius 2 is 1.97 bits per heavy atom. The molecule has 0 aliphatic carbocycles. The number of thiazole rings is 1. The number of halogens is 1. The summed E-state index contributed by atoms with van der Waals surface area (Å²) in [5.74, 6) is 0.623. The van der Waals surface area contributed by atoms with Crippen molar-refractivity contribution in [2.75, 3.05) is 19.5 Å². The number of carbonyl (C=O) groups is 1. The first-order valence-electron chi connectivity index (χ1n) is 10.4. The quantitative estimate of drug-likeness (QED) is 0.308. The first-order valence-corrected chi connectivity index (χ1v) is 11.6. The fourth-order valence-electron chi connectivity index (χ4n) is 3.64. The highest BCUT2D eigenvalue weighted by atomic mass is 35.5. The number of aromatic nitrogens is 3. The molecule has 10 heteroatoms. The van der Waals surface area contributed by atoms with Crippen molar-refractivity contribution in [2.45, 2.75) is 20.3 Å². The lowest BCUT2D eigenvalue weighted by molar-refractivity contribution is 0.0698. The second-order valence-electron chi connectivity index (χ2n) is 7.32. The first kappa shape index (κ1) is 23.6. The van der Waals surface area contributed by atoms with Gasteiger partial charge in [0.25, 0.3) is 0 Å². The molecule has 0 fully saturated rings. The van der Waals surface area contributed by atoms with Crippen molar-refractivity contribution >= 4 is 40.4 Å². The Kier molecular flexibility index (Phi) is 6.76. The molecule has 0 saturated heterocycles. The van der Waals surface area contributed by atoms with Gasteiger partial charge in [-0.2, -0.15) is 5.10 Å².